The zero-order chi connectivity index (χ0) is 9.19. The predicted octanol–water partition coefficient (Wildman–Crippen LogP) is 2.65. The highest BCUT2D eigenvalue weighted by molar-refractivity contribution is 9.10. The zero-order valence-corrected chi connectivity index (χ0v) is 9.19. The fourth-order valence-electron chi connectivity index (χ4n) is 1.43. The summed E-state index contributed by atoms with van der Waals surface area (Å²) in [7, 11) is 0. The molecule has 0 aliphatic carbocycles. The minimum absolute atomic E-state index is 0.0816. The molecule has 1 saturated heterocycles. The fraction of sp³-hybridized carbons (Fsp3) is 0.889. The van der Waals surface area contributed by atoms with Gasteiger partial charge in [0.05, 0.1) is 0 Å². The summed E-state index contributed by atoms with van der Waals surface area (Å²) >= 11 is 3.33. The molecule has 2 nitrogen and oxygen atoms in total. The number of rotatable bonds is 4. The van der Waals surface area contributed by atoms with Crippen molar-refractivity contribution >= 4 is 21.9 Å². The molecule has 0 N–H and O–H groups in total. The lowest BCUT2D eigenvalue weighted by atomic mass is 9.90. The highest BCUT2D eigenvalue weighted by Crippen LogP contribution is 2.37. The SMILES string of the molecule is CCCCC[C@]1(C)OC(=O)[C@H]1Br. The Morgan fingerprint density at radius 3 is 2.67 bits per heavy atom. The van der Waals surface area contributed by atoms with Crippen molar-refractivity contribution in [3.63, 3.8) is 0 Å². The number of carbonyl (C=O) groups excluding carboxylic acids is 1. The summed E-state index contributed by atoms with van der Waals surface area (Å²) in [5.74, 6) is -0.117. The van der Waals surface area contributed by atoms with Crippen LogP contribution >= 0.6 is 15.9 Å². The number of esters is 1. The lowest BCUT2D eigenvalue weighted by molar-refractivity contribution is -0.185. The number of alkyl halides is 1. The standard InChI is InChI=1S/C9H15BrO2/c1-3-4-5-6-9(2)7(10)8(11)12-9/h7H,3-6H2,1-2H3/t7-,9+/m1/s1. The lowest BCUT2D eigenvalue weighted by Gasteiger charge is -2.42. The molecule has 70 valence electrons. The fourth-order valence-corrected chi connectivity index (χ4v) is 1.84. The minimum Gasteiger partial charge on any atom is -0.457 e. The Kier molecular flexibility index (Phi) is 3.16. The van der Waals surface area contributed by atoms with Crippen molar-refractivity contribution in [3.8, 4) is 0 Å². The number of carbonyl (C=O) groups is 1. The van der Waals surface area contributed by atoms with E-state index in [1.807, 2.05) is 6.92 Å². The van der Waals surface area contributed by atoms with E-state index in [9.17, 15) is 4.79 Å². The molecule has 0 aromatic heterocycles. The van der Waals surface area contributed by atoms with E-state index in [0.717, 1.165) is 12.8 Å². The molecule has 0 saturated carbocycles. The summed E-state index contributed by atoms with van der Waals surface area (Å²) in [4.78, 5) is 10.7. The summed E-state index contributed by atoms with van der Waals surface area (Å²) in [5.41, 5.74) is -0.230. The smallest absolute Gasteiger partial charge is 0.324 e. The molecular weight excluding hydrogens is 220 g/mol. The molecular formula is C9H15BrO2. The number of hydrogen-bond donors (Lipinski definition) is 0. The van der Waals surface area contributed by atoms with E-state index >= 15 is 0 Å². The summed E-state index contributed by atoms with van der Waals surface area (Å²) in [6.45, 7) is 4.16. The van der Waals surface area contributed by atoms with Crippen molar-refractivity contribution in [1.82, 2.24) is 0 Å². The van der Waals surface area contributed by atoms with E-state index in [0.29, 0.717) is 0 Å². The Morgan fingerprint density at radius 1 is 1.58 bits per heavy atom. The number of hydrogen-bond acceptors (Lipinski definition) is 2. The van der Waals surface area contributed by atoms with Gasteiger partial charge in [0.1, 0.15) is 5.60 Å². The first-order chi connectivity index (χ1) is 5.60. The van der Waals surface area contributed by atoms with Crippen LogP contribution in [0.2, 0.25) is 0 Å². The second-order valence-electron chi connectivity index (χ2n) is 3.55. The predicted molar refractivity (Wildman–Crippen MR) is 51.4 cm³/mol. The lowest BCUT2D eigenvalue weighted by Crippen LogP contribution is -2.56. The van der Waals surface area contributed by atoms with Crippen LogP contribution in [-0.2, 0) is 9.53 Å². The third kappa shape index (κ3) is 1.82. The van der Waals surface area contributed by atoms with Gasteiger partial charge in [-0.05, 0) is 19.8 Å². The van der Waals surface area contributed by atoms with Gasteiger partial charge in [-0.2, -0.15) is 0 Å². The molecule has 0 bridgehead atoms. The van der Waals surface area contributed by atoms with Gasteiger partial charge in [0.25, 0.3) is 0 Å². The zero-order valence-electron chi connectivity index (χ0n) is 7.60. The maximum Gasteiger partial charge on any atom is 0.324 e. The number of halogens is 1. The average molecular weight is 235 g/mol. The molecule has 1 aliphatic rings. The summed E-state index contributed by atoms with van der Waals surface area (Å²) in [6, 6.07) is 0. The quantitative estimate of drug-likeness (QED) is 0.425. The second-order valence-corrected chi connectivity index (χ2v) is 4.47. The minimum atomic E-state index is -0.230. The molecule has 1 fully saturated rings. The van der Waals surface area contributed by atoms with Gasteiger partial charge in [0.15, 0.2) is 4.83 Å². The molecule has 0 aromatic rings. The van der Waals surface area contributed by atoms with Crippen molar-refractivity contribution in [2.45, 2.75) is 50.0 Å². The molecule has 0 unspecified atom stereocenters. The van der Waals surface area contributed by atoms with Crippen LogP contribution in [0.15, 0.2) is 0 Å². The van der Waals surface area contributed by atoms with E-state index in [1.165, 1.54) is 12.8 Å². The van der Waals surface area contributed by atoms with Crippen molar-refractivity contribution < 1.29 is 9.53 Å². The topological polar surface area (TPSA) is 26.3 Å². The van der Waals surface area contributed by atoms with E-state index in [-0.39, 0.29) is 16.4 Å². The summed E-state index contributed by atoms with van der Waals surface area (Å²) in [5, 5.41) is 0. The average Bonchev–Trinajstić information content (AvgIpc) is 2.05. The first-order valence-corrected chi connectivity index (χ1v) is 5.38. The normalized spacial score (nSPS) is 34.2. The van der Waals surface area contributed by atoms with Crippen LogP contribution < -0.4 is 0 Å². The molecule has 0 amide bonds. The third-order valence-corrected chi connectivity index (χ3v) is 3.70. The maximum absolute atomic E-state index is 10.8. The van der Waals surface area contributed by atoms with Crippen molar-refractivity contribution in [3.05, 3.63) is 0 Å². The van der Waals surface area contributed by atoms with Crippen LogP contribution in [0.3, 0.4) is 0 Å². The molecule has 1 aliphatic heterocycles. The van der Waals surface area contributed by atoms with E-state index in [2.05, 4.69) is 22.9 Å². The van der Waals surface area contributed by atoms with Gasteiger partial charge in [0, 0.05) is 0 Å². The van der Waals surface area contributed by atoms with Crippen LogP contribution in [0.4, 0.5) is 0 Å². The van der Waals surface area contributed by atoms with Gasteiger partial charge in [-0.15, -0.1) is 0 Å². The van der Waals surface area contributed by atoms with E-state index in [1.54, 1.807) is 0 Å². The Hall–Kier alpha value is -0.0500. The molecule has 0 aromatic carbocycles. The molecule has 2 atom stereocenters. The highest BCUT2D eigenvalue weighted by Gasteiger charge is 2.50. The molecule has 1 heterocycles. The van der Waals surface area contributed by atoms with Crippen LogP contribution in [0.1, 0.15) is 39.5 Å². The van der Waals surface area contributed by atoms with Crippen molar-refractivity contribution in [2.75, 3.05) is 0 Å². The molecule has 0 radical (unpaired) electrons. The van der Waals surface area contributed by atoms with Crippen LogP contribution in [0, 0.1) is 0 Å². The maximum atomic E-state index is 10.8. The van der Waals surface area contributed by atoms with Crippen LogP contribution in [0.25, 0.3) is 0 Å². The Balaban J connectivity index is 2.27. The van der Waals surface area contributed by atoms with Crippen LogP contribution in [-0.4, -0.2) is 16.4 Å². The molecule has 3 heteroatoms. The van der Waals surface area contributed by atoms with E-state index < -0.39 is 0 Å². The first kappa shape index (κ1) is 10.0. The third-order valence-electron chi connectivity index (χ3n) is 2.35. The second kappa shape index (κ2) is 3.77. The Bertz CT molecular complexity index is 181. The number of unbranched alkanes of at least 4 members (excludes halogenated alkanes) is 2. The Labute approximate surface area is 81.8 Å². The largest absolute Gasteiger partial charge is 0.457 e. The summed E-state index contributed by atoms with van der Waals surface area (Å²) in [6.07, 6.45) is 4.54. The molecule has 12 heavy (non-hydrogen) atoms. The van der Waals surface area contributed by atoms with Crippen LogP contribution in [0.5, 0.6) is 0 Å². The van der Waals surface area contributed by atoms with Gasteiger partial charge >= 0.3 is 5.97 Å². The first-order valence-electron chi connectivity index (χ1n) is 4.47. The number of cyclic esters (lactones) is 1. The summed E-state index contributed by atoms with van der Waals surface area (Å²) < 4.78 is 5.10. The highest BCUT2D eigenvalue weighted by atomic mass is 79.9. The van der Waals surface area contributed by atoms with Gasteiger partial charge in [-0.1, -0.05) is 35.7 Å². The van der Waals surface area contributed by atoms with Crippen molar-refractivity contribution in [2.24, 2.45) is 0 Å². The molecule has 1 rings (SSSR count). The molecule has 0 spiro atoms. The Morgan fingerprint density at radius 2 is 2.25 bits per heavy atom. The van der Waals surface area contributed by atoms with Gasteiger partial charge in [-0.3, -0.25) is 4.79 Å². The van der Waals surface area contributed by atoms with E-state index in [4.69, 9.17) is 4.74 Å². The van der Waals surface area contributed by atoms with Gasteiger partial charge in [-0.25, -0.2) is 0 Å². The van der Waals surface area contributed by atoms with Crippen molar-refractivity contribution in [1.29, 1.82) is 0 Å². The van der Waals surface area contributed by atoms with Gasteiger partial charge in [0.2, 0.25) is 0 Å². The van der Waals surface area contributed by atoms with Gasteiger partial charge < -0.3 is 4.74 Å². The number of ether oxygens (including phenoxy) is 1. The monoisotopic (exact) mass is 234 g/mol.